The van der Waals surface area contributed by atoms with Crippen LogP contribution in [0, 0.1) is 6.92 Å². The topological polar surface area (TPSA) is 104 Å². The molecule has 0 aliphatic rings. The number of benzene rings is 1. The summed E-state index contributed by atoms with van der Waals surface area (Å²) in [6.07, 6.45) is 1.37. The molecule has 1 aromatic carbocycles. The van der Waals surface area contributed by atoms with Crippen LogP contribution in [0.15, 0.2) is 40.2 Å². The summed E-state index contributed by atoms with van der Waals surface area (Å²) < 4.78 is 41.2. The van der Waals surface area contributed by atoms with Crippen LogP contribution in [0.1, 0.15) is 12.7 Å². The van der Waals surface area contributed by atoms with Crippen LogP contribution >= 0.6 is 0 Å². The number of fused-ring (bicyclic) bond motifs is 1. The zero-order valence-electron chi connectivity index (χ0n) is 15.4. The number of rotatable bonds is 6. The Hall–Kier alpha value is -3.01. The van der Waals surface area contributed by atoms with Crippen molar-refractivity contribution in [2.24, 2.45) is 0 Å². The number of ether oxygens (including phenoxy) is 2. The maximum atomic E-state index is 12.8. The van der Waals surface area contributed by atoms with Crippen molar-refractivity contribution < 1.29 is 17.9 Å². The summed E-state index contributed by atoms with van der Waals surface area (Å²) >= 11 is 0. The SMILES string of the molecule is CCn1nc(C)n2cc(S(=O)(=O)Nc3cc(OC)cc(OC)c3)cc2c1=O. The zero-order chi connectivity index (χ0) is 19.8. The summed E-state index contributed by atoms with van der Waals surface area (Å²) in [5, 5.41) is 4.16. The van der Waals surface area contributed by atoms with Crippen LogP contribution in [0.2, 0.25) is 0 Å². The molecule has 1 N–H and O–H groups in total. The summed E-state index contributed by atoms with van der Waals surface area (Å²) in [5.74, 6) is 1.40. The summed E-state index contributed by atoms with van der Waals surface area (Å²) in [6.45, 7) is 3.89. The molecule has 3 rings (SSSR count). The van der Waals surface area contributed by atoms with Gasteiger partial charge >= 0.3 is 0 Å². The third-order valence-corrected chi connectivity index (χ3v) is 5.42. The van der Waals surface area contributed by atoms with Gasteiger partial charge in [-0.3, -0.25) is 13.9 Å². The second kappa shape index (κ2) is 6.95. The lowest BCUT2D eigenvalue weighted by Gasteiger charge is -2.10. The van der Waals surface area contributed by atoms with Crippen LogP contribution in [-0.2, 0) is 16.6 Å². The lowest BCUT2D eigenvalue weighted by molar-refractivity contribution is 0.395. The van der Waals surface area contributed by atoms with E-state index in [4.69, 9.17) is 9.47 Å². The second-order valence-corrected chi connectivity index (χ2v) is 7.49. The van der Waals surface area contributed by atoms with E-state index in [0.717, 1.165) is 0 Å². The maximum Gasteiger partial charge on any atom is 0.291 e. The molecule has 144 valence electrons. The van der Waals surface area contributed by atoms with E-state index in [-0.39, 0.29) is 21.7 Å². The van der Waals surface area contributed by atoms with Gasteiger partial charge < -0.3 is 9.47 Å². The number of sulfonamides is 1. The fraction of sp³-hybridized carbons (Fsp3) is 0.294. The molecule has 0 atom stereocenters. The smallest absolute Gasteiger partial charge is 0.291 e. The Morgan fingerprint density at radius 3 is 2.30 bits per heavy atom. The van der Waals surface area contributed by atoms with E-state index in [1.54, 1.807) is 19.9 Å². The molecular formula is C17H20N4O5S. The van der Waals surface area contributed by atoms with E-state index in [2.05, 4.69) is 9.82 Å². The Morgan fingerprint density at radius 1 is 1.11 bits per heavy atom. The molecule has 0 saturated heterocycles. The van der Waals surface area contributed by atoms with Gasteiger partial charge in [0.05, 0.1) is 19.9 Å². The molecule has 3 aromatic rings. The predicted octanol–water partition coefficient (Wildman–Crippen LogP) is 1.64. The maximum absolute atomic E-state index is 12.8. The molecule has 0 bridgehead atoms. The van der Waals surface area contributed by atoms with E-state index in [1.165, 1.54) is 47.7 Å². The number of methoxy groups -OCH3 is 2. The molecule has 0 radical (unpaired) electrons. The van der Waals surface area contributed by atoms with Crippen LogP contribution < -0.4 is 19.8 Å². The highest BCUT2D eigenvalue weighted by atomic mass is 32.2. The Labute approximate surface area is 156 Å². The number of anilines is 1. The molecule has 0 aliphatic carbocycles. The summed E-state index contributed by atoms with van der Waals surface area (Å²) in [6, 6.07) is 6.04. The Kier molecular flexibility index (Phi) is 4.83. The van der Waals surface area contributed by atoms with Gasteiger partial charge in [-0.1, -0.05) is 0 Å². The van der Waals surface area contributed by atoms with Crippen LogP contribution in [0.3, 0.4) is 0 Å². The molecule has 9 nitrogen and oxygen atoms in total. The highest BCUT2D eigenvalue weighted by Gasteiger charge is 2.20. The molecule has 10 heteroatoms. The number of nitrogens with one attached hydrogen (secondary N) is 1. The van der Waals surface area contributed by atoms with Gasteiger partial charge in [0.1, 0.15) is 27.7 Å². The van der Waals surface area contributed by atoms with Crippen LogP contribution in [-0.4, -0.2) is 36.8 Å². The lowest BCUT2D eigenvalue weighted by Crippen LogP contribution is -2.25. The Bertz CT molecular complexity index is 1140. The van der Waals surface area contributed by atoms with Crippen molar-refractivity contribution in [3.63, 3.8) is 0 Å². The number of nitrogens with zero attached hydrogens (tertiary/aromatic N) is 3. The molecule has 0 saturated carbocycles. The summed E-state index contributed by atoms with van der Waals surface area (Å²) in [4.78, 5) is 12.4. The molecule has 2 aromatic heterocycles. The Morgan fingerprint density at radius 2 is 1.74 bits per heavy atom. The first kappa shape index (κ1) is 18.8. The van der Waals surface area contributed by atoms with Crippen molar-refractivity contribution in [1.29, 1.82) is 0 Å². The van der Waals surface area contributed by atoms with Gasteiger partial charge in [0.15, 0.2) is 0 Å². The van der Waals surface area contributed by atoms with Crippen LogP contribution in [0.5, 0.6) is 11.5 Å². The molecule has 0 fully saturated rings. The Balaban J connectivity index is 2.07. The van der Waals surface area contributed by atoms with Crippen LogP contribution in [0.25, 0.3) is 5.52 Å². The predicted molar refractivity (Wildman–Crippen MR) is 100 cm³/mol. The monoisotopic (exact) mass is 392 g/mol. The van der Waals surface area contributed by atoms with Gasteiger partial charge in [-0.2, -0.15) is 5.10 Å². The first-order valence-corrected chi connectivity index (χ1v) is 9.63. The van der Waals surface area contributed by atoms with Crippen molar-refractivity contribution >= 4 is 21.2 Å². The van der Waals surface area contributed by atoms with Crippen LogP contribution in [0.4, 0.5) is 5.69 Å². The molecule has 0 amide bonds. The number of aryl methyl sites for hydroxylation is 2. The highest BCUT2D eigenvalue weighted by Crippen LogP contribution is 2.27. The fourth-order valence-electron chi connectivity index (χ4n) is 2.71. The van der Waals surface area contributed by atoms with E-state index < -0.39 is 10.0 Å². The first-order valence-electron chi connectivity index (χ1n) is 8.14. The van der Waals surface area contributed by atoms with Crippen molar-refractivity contribution in [1.82, 2.24) is 14.2 Å². The van der Waals surface area contributed by atoms with Gasteiger partial charge in [0.25, 0.3) is 15.6 Å². The summed E-state index contributed by atoms with van der Waals surface area (Å²) in [7, 11) is -0.987. The normalized spacial score (nSPS) is 11.6. The standard InChI is InChI=1S/C17H20N4O5S/c1-5-21-17(22)16-9-15(10-20(16)11(2)18-21)27(23,24)19-12-6-13(25-3)8-14(7-12)26-4/h6-10,19H,5H2,1-4H3. The van der Waals surface area contributed by atoms with E-state index in [1.807, 2.05) is 0 Å². The quantitative estimate of drug-likeness (QED) is 0.684. The van der Waals surface area contributed by atoms with Crippen molar-refractivity contribution in [2.75, 3.05) is 18.9 Å². The second-order valence-electron chi connectivity index (χ2n) is 5.81. The minimum absolute atomic E-state index is 0.0415. The van der Waals surface area contributed by atoms with Gasteiger partial charge in [-0.05, 0) is 19.9 Å². The lowest BCUT2D eigenvalue weighted by atomic mass is 10.3. The number of hydrogen-bond acceptors (Lipinski definition) is 6. The first-order chi connectivity index (χ1) is 12.8. The van der Waals surface area contributed by atoms with Crippen molar-refractivity contribution in [3.05, 3.63) is 46.6 Å². The molecule has 0 spiro atoms. The molecular weight excluding hydrogens is 372 g/mol. The molecule has 27 heavy (non-hydrogen) atoms. The largest absolute Gasteiger partial charge is 0.497 e. The van der Waals surface area contributed by atoms with Crippen molar-refractivity contribution in [3.8, 4) is 11.5 Å². The average Bonchev–Trinajstić information content (AvgIpc) is 3.11. The average molecular weight is 392 g/mol. The molecule has 0 aliphatic heterocycles. The molecule has 0 unspecified atom stereocenters. The van der Waals surface area contributed by atoms with E-state index in [0.29, 0.717) is 23.9 Å². The third kappa shape index (κ3) is 3.47. The van der Waals surface area contributed by atoms with Gasteiger partial charge in [-0.25, -0.2) is 13.1 Å². The summed E-state index contributed by atoms with van der Waals surface area (Å²) in [5.41, 5.74) is 0.169. The fourth-order valence-corrected chi connectivity index (χ4v) is 3.77. The minimum atomic E-state index is -3.94. The van der Waals surface area contributed by atoms with Gasteiger partial charge in [-0.15, -0.1) is 0 Å². The number of aromatic nitrogens is 3. The van der Waals surface area contributed by atoms with Crippen molar-refractivity contribution in [2.45, 2.75) is 25.3 Å². The third-order valence-electron chi connectivity index (χ3n) is 4.08. The highest BCUT2D eigenvalue weighted by molar-refractivity contribution is 7.92. The van der Waals surface area contributed by atoms with E-state index >= 15 is 0 Å². The molecule has 2 heterocycles. The zero-order valence-corrected chi connectivity index (χ0v) is 16.2. The minimum Gasteiger partial charge on any atom is -0.497 e. The van der Waals surface area contributed by atoms with E-state index in [9.17, 15) is 13.2 Å². The number of hydrogen-bond donors (Lipinski definition) is 1. The van der Waals surface area contributed by atoms with Gasteiger partial charge in [0.2, 0.25) is 0 Å². The van der Waals surface area contributed by atoms with Gasteiger partial charge in [0, 0.05) is 30.9 Å².